The molecule has 1 N–H and O–H groups in total. The zero-order valence-corrected chi connectivity index (χ0v) is 13.2. The molecule has 0 radical (unpaired) electrons. The fourth-order valence-electron chi connectivity index (χ4n) is 3.17. The molecule has 0 aromatic rings. The lowest BCUT2D eigenvalue weighted by Crippen LogP contribution is -2.51. The lowest BCUT2D eigenvalue weighted by molar-refractivity contribution is 0.0803. The van der Waals surface area contributed by atoms with Gasteiger partial charge in [0, 0.05) is 45.3 Å². The first-order chi connectivity index (χ1) is 9.21. The quantitative estimate of drug-likeness (QED) is 0.727. The van der Waals surface area contributed by atoms with Crippen LogP contribution in [0.4, 0.5) is 0 Å². The van der Waals surface area contributed by atoms with Gasteiger partial charge in [0.25, 0.3) is 0 Å². The minimum Gasteiger partial charge on any atom is -0.313 e. The highest BCUT2D eigenvalue weighted by atomic mass is 15.3. The van der Waals surface area contributed by atoms with Crippen molar-refractivity contribution in [1.29, 1.82) is 0 Å². The Hall–Kier alpha value is -0.120. The van der Waals surface area contributed by atoms with Crippen molar-refractivity contribution in [3.63, 3.8) is 0 Å². The van der Waals surface area contributed by atoms with E-state index in [0.29, 0.717) is 5.41 Å². The van der Waals surface area contributed by atoms with E-state index in [-0.39, 0.29) is 0 Å². The molecule has 0 unspecified atom stereocenters. The maximum absolute atomic E-state index is 3.77. The number of piperazine rings is 1. The Labute approximate surface area is 119 Å². The molecular formula is C16H33N3. The Morgan fingerprint density at radius 3 is 2.00 bits per heavy atom. The average molecular weight is 267 g/mol. The zero-order chi connectivity index (χ0) is 13.7. The van der Waals surface area contributed by atoms with Crippen LogP contribution in [0.25, 0.3) is 0 Å². The Bertz CT molecular complexity index is 251. The molecule has 2 fully saturated rings. The number of nitrogens with one attached hydrogen (secondary N) is 1. The number of hydrogen-bond donors (Lipinski definition) is 1. The van der Waals surface area contributed by atoms with E-state index < -0.39 is 0 Å². The lowest BCUT2D eigenvalue weighted by atomic mass is 9.81. The smallest absolute Gasteiger partial charge is 0.0110 e. The molecule has 1 aliphatic heterocycles. The summed E-state index contributed by atoms with van der Waals surface area (Å²) in [6.45, 7) is 15.8. The predicted octanol–water partition coefficient (Wildman–Crippen LogP) is 2.18. The summed E-state index contributed by atoms with van der Waals surface area (Å²) in [4.78, 5) is 5.27. The molecule has 0 atom stereocenters. The van der Waals surface area contributed by atoms with Crippen molar-refractivity contribution in [1.82, 2.24) is 15.1 Å². The number of likely N-dealkylation sites (N-methyl/N-ethyl adjacent to an activating group) is 1. The molecule has 1 saturated carbocycles. The second kappa shape index (κ2) is 7.05. The minimum atomic E-state index is 0.497. The number of nitrogens with zero attached hydrogens (tertiary/aromatic N) is 2. The Morgan fingerprint density at radius 1 is 0.947 bits per heavy atom. The van der Waals surface area contributed by atoms with E-state index in [1.165, 1.54) is 71.5 Å². The third kappa shape index (κ3) is 4.44. The third-order valence-corrected chi connectivity index (χ3v) is 5.31. The summed E-state index contributed by atoms with van der Waals surface area (Å²) in [5, 5.41) is 3.77. The highest BCUT2D eigenvalue weighted by Gasteiger charge is 2.32. The second-order valence-electron chi connectivity index (χ2n) is 6.57. The van der Waals surface area contributed by atoms with Crippen LogP contribution in [0.2, 0.25) is 0 Å². The van der Waals surface area contributed by atoms with Crippen molar-refractivity contribution in [3.8, 4) is 0 Å². The molecule has 0 spiro atoms. The minimum absolute atomic E-state index is 0.497. The highest BCUT2D eigenvalue weighted by molar-refractivity contribution is 4.89. The van der Waals surface area contributed by atoms with Crippen molar-refractivity contribution in [2.24, 2.45) is 5.41 Å². The maximum Gasteiger partial charge on any atom is 0.0110 e. The third-order valence-electron chi connectivity index (χ3n) is 5.31. The van der Waals surface area contributed by atoms with Crippen LogP contribution in [0.5, 0.6) is 0 Å². The normalized spacial score (nSPS) is 22.9. The molecule has 0 amide bonds. The summed E-state index contributed by atoms with van der Waals surface area (Å²) >= 11 is 0. The Balaban J connectivity index is 1.81. The van der Waals surface area contributed by atoms with E-state index >= 15 is 0 Å². The van der Waals surface area contributed by atoms with Crippen molar-refractivity contribution in [3.05, 3.63) is 0 Å². The summed E-state index contributed by atoms with van der Waals surface area (Å²) in [6, 6.07) is 0.842. The molecule has 2 aliphatic rings. The lowest BCUT2D eigenvalue weighted by Gasteiger charge is -2.41. The van der Waals surface area contributed by atoms with Crippen molar-refractivity contribution < 1.29 is 0 Å². The van der Waals surface area contributed by atoms with E-state index in [0.717, 1.165) is 6.04 Å². The average Bonchev–Trinajstić information content (AvgIpc) is 3.28. The molecule has 3 nitrogen and oxygen atoms in total. The monoisotopic (exact) mass is 267 g/mol. The van der Waals surface area contributed by atoms with E-state index in [9.17, 15) is 0 Å². The SMILES string of the molecule is CCN1CCN(CC(CC)(CC)CNC2CC2)CC1. The van der Waals surface area contributed by atoms with Gasteiger partial charge in [0.2, 0.25) is 0 Å². The maximum atomic E-state index is 3.77. The Kier molecular flexibility index (Phi) is 5.67. The van der Waals surface area contributed by atoms with Gasteiger partial charge in [-0.05, 0) is 37.6 Å². The van der Waals surface area contributed by atoms with Gasteiger partial charge in [-0.15, -0.1) is 0 Å². The molecule has 0 bridgehead atoms. The van der Waals surface area contributed by atoms with E-state index in [4.69, 9.17) is 0 Å². The highest BCUT2D eigenvalue weighted by Crippen LogP contribution is 2.29. The van der Waals surface area contributed by atoms with Gasteiger partial charge >= 0.3 is 0 Å². The van der Waals surface area contributed by atoms with Gasteiger partial charge < -0.3 is 15.1 Å². The first-order valence-electron chi connectivity index (χ1n) is 8.39. The van der Waals surface area contributed by atoms with Crippen molar-refractivity contribution >= 4 is 0 Å². The molecule has 112 valence electrons. The van der Waals surface area contributed by atoms with Gasteiger partial charge in [0.15, 0.2) is 0 Å². The molecule has 1 aliphatic carbocycles. The van der Waals surface area contributed by atoms with Gasteiger partial charge in [0.1, 0.15) is 0 Å². The largest absolute Gasteiger partial charge is 0.313 e. The van der Waals surface area contributed by atoms with Gasteiger partial charge in [-0.1, -0.05) is 20.8 Å². The van der Waals surface area contributed by atoms with Crippen molar-refractivity contribution in [2.45, 2.75) is 52.5 Å². The van der Waals surface area contributed by atoms with Gasteiger partial charge in [-0.25, -0.2) is 0 Å². The Morgan fingerprint density at radius 2 is 1.53 bits per heavy atom. The van der Waals surface area contributed by atoms with Crippen LogP contribution in [0, 0.1) is 5.41 Å². The summed E-state index contributed by atoms with van der Waals surface area (Å²) in [5.41, 5.74) is 0.497. The van der Waals surface area contributed by atoms with Crippen LogP contribution >= 0.6 is 0 Å². The van der Waals surface area contributed by atoms with E-state index in [1.807, 2.05) is 0 Å². The molecule has 0 aromatic carbocycles. The number of hydrogen-bond acceptors (Lipinski definition) is 3. The molecule has 2 rings (SSSR count). The first kappa shape index (κ1) is 15.3. The van der Waals surface area contributed by atoms with E-state index in [1.54, 1.807) is 0 Å². The number of rotatable bonds is 8. The first-order valence-corrected chi connectivity index (χ1v) is 8.39. The van der Waals surface area contributed by atoms with Gasteiger partial charge in [-0.2, -0.15) is 0 Å². The van der Waals surface area contributed by atoms with Crippen LogP contribution in [0.15, 0.2) is 0 Å². The molecule has 3 heteroatoms. The summed E-state index contributed by atoms with van der Waals surface area (Å²) in [7, 11) is 0. The fraction of sp³-hybridized carbons (Fsp3) is 1.00. The van der Waals surface area contributed by atoms with Crippen molar-refractivity contribution in [2.75, 3.05) is 45.8 Å². The van der Waals surface area contributed by atoms with Crippen LogP contribution in [0.1, 0.15) is 46.5 Å². The fourth-order valence-corrected chi connectivity index (χ4v) is 3.17. The second-order valence-corrected chi connectivity index (χ2v) is 6.57. The van der Waals surface area contributed by atoms with Gasteiger partial charge in [0.05, 0.1) is 0 Å². The van der Waals surface area contributed by atoms with Crippen LogP contribution in [0.3, 0.4) is 0 Å². The molecule has 0 aromatic heterocycles. The summed E-state index contributed by atoms with van der Waals surface area (Å²) in [5.74, 6) is 0. The van der Waals surface area contributed by atoms with Crippen LogP contribution < -0.4 is 5.32 Å². The summed E-state index contributed by atoms with van der Waals surface area (Å²) in [6.07, 6.45) is 5.41. The standard InChI is InChI=1S/C16H33N3/c1-4-16(5-2,13-17-15-7-8-15)14-19-11-9-18(6-3)10-12-19/h15,17H,4-14H2,1-3H3. The molecule has 1 heterocycles. The predicted molar refractivity (Wildman–Crippen MR) is 82.6 cm³/mol. The van der Waals surface area contributed by atoms with Gasteiger partial charge in [-0.3, -0.25) is 0 Å². The topological polar surface area (TPSA) is 18.5 Å². The summed E-state index contributed by atoms with van der Waals surface area (Å²) < 4.78 is 0. The van der Waals surface area contributed by atoms with Crippen LogP contribution in [-0.2, 0) is 0 Å². The molecular weight excluding hydrogens is 234 g/mol. The zero-order valence-electron chi connectivity index (χ0n) is 13.2. The van der Waals surface area contributed by atoms with Crippen LogP contribution in [-0.4, -0.2) is 61.7 Å². The molecule has 19 heavy (non-hydrogen) atoms. The molecule has 1 saturated heterocycles. The van der Waals surface area contributed by atoms with E-state index in [2.05, 4.69) is 35.9 Å².